The summed E-state index contributed by atoms with van der Waals surface area (Å²) in [5, 5.41) is 8.37. The zero-order valence-corrected chi connectivity index (χ0v) is 8.60. The third kappa shape index (κ3) is 1.78. The molecule has 1 aliphatic rings. The second-order valence-corrected chi connectivity index (χ2v) is 3.81. The second kappa shape index (κ2) is 3.52. The standard InChI is InChI=1S/C9H5ClF3N3/c10-7-5(2-14)1-6(11)8(15-7)16-3-9(12,13)4-16/h1H,3-4H2. The summed E-state index contributed by atoms with van der Waals surface area (Å²) in [4.78, 5) is 4.66. The molecule has 1 fully saturated rings. The Bertz CT molecular complexity index is 476. The van der Waals surface area contributed by atoms with E-state index in [9.17, 15) is 13.2 Å². The summed E-state index contributed by atoms with van der Waals surface area (Å²) in [5.41, 5.74) is -0.116. The van der Waals surface area contributed by atoms with E-state index in [1.54, 1.807) is 6.07 Å². The van der Waals surface area contributed by atoms with E-state index in [1.807, 2.05) is 0 Å². The van der Waals surface area contributed by atoms with E-state index in [0.717, 1.165) is 11.0 Å². The number of halogens is 4. The van der Waals surface area contributed by atoms with Gasteiger partial charge in [0.1, 0.15) is 11.2 Å². The Morgan fingerprint density at radius 3 is 2.62 bits per heavy atom. The molecule has 1 saturated heterocycles. The first kappa shape index (κ1) is 11.0. The molecule has 0 N–H and O–H groups in total. The molecule has 0 unspecified atom stereocenters. The Hall–Kier alpha value is -1.48. The summed E-state index contributed by atoms with van der Waals surface area (Å²) in [7, 11) is 0. The van der Waals surface area contributed by atoms with Crippen LogP contribution in [0, 0.1) is 17.1 Å². The smallest absolute Gasteiger partial charge is 0.282 e. The Morgan fingerprint density at radius 2 is 2.12 bits per heavy atom. The molecule has 0 aliphatic carbocycles. The van der Waals surface area contributed by atoms with Gasteiger partial charge < -0.3 is 4.90 Å². The highest BCUT2D eigenvalue weighted by Crippen LogP contribution is 2.33. The number of alkyl halides is 2. The molecule has 2 rings (SSSR count). The number of nitrogens with zero attached hydrogens (tertiary/aromatic N) is 3. The lowest BCUT2D eigenvalue weighted by Crippen LogP contribution is -2.57. The van der Waals surface area contributed by atoms with Gasteiger partial charge in [0.2, 0.25) is 0 Å². The van der Waals surface area contributed by atoms with Gasteiger partial charge in [-0.1, -0.05) is 11.6 Å². The van der Waals surface area contributed by atoms with Crippen LogP contribution in [-0.2, 0) is 0 Å². The number of pyridine rings is 1. The predicted molar refractivity (Wildman–Crippen MR) is 51.1 cm³/mol. The highest BCUT2D eigenvalue weighted by Gasteiger charge is 2.45. The quantitative estimate of drug-likeness (QED) is 0.715. The number of nitriles is 1. The zero-order chi connectivity index (χ0) is 11.9. The van der Waals surface area contributed by atoms with Gasteiger partial charge in [0.15, 0.2) is 11.6 Å². The molecule has 2 heterocycles. The van der Waals surface area contributed by atoms with Gasteiger partial charge in [-0.25, -0.2) is 18.2 Å². The van der Waals surface area contributed by atoms with Gasteiger partial charge in [-0.05, 0) is 6.07 Å². The van der Waals surface area contributed by atoms with Crippen LogP contribution < -0.4 is 4.90 Å². The predicted octanol–water partition coefficient (Wildman–Crippen LogP) is 2.20. The Morgan fingerprint density at radius 1 is 1.50 bits per heavy atom. The molecular formula is C9H5ClF3N3. The Labute approximate surface area is 94.1 Å². The van der Waals surface area contributed by atoms with Crippen LogP contribution in [0.25, 0.3) is 0 Å². The third-order valence-corrected chi connectivity index (χ3v) is 2.46. The van der Waals surface area contributed by atoms with Crippen LogP contribution in [0.1, 0.15) is 5.56 Å². The third-order valence-electron chi connectivity index (χ3n) is 2.18. The molecule has 84 valence electrons. The maximum absolute atomic E-state index is 13.4. The number of aromatic nitrogens is 1. The number of anilines is 1. The van der Waals surface area contributed by atoms with Crippen molar-refractivity contribution in [1.82, 2.24) is 4.98 Å². The fourth-order valence-corrected chi connectivity index (χ4v) is 1.60. The first-order valence-corrected chi connectivity index (χ1v) is 4.70. The molecule has 1 aromatic heterocycles. The van der Waals surface area contributed by atoms with Crippen molar-refractivity contribution in [2.45, 2.75) is 5.92 Å². The SMILES string of the molecule is N#Cc1cc(F)c(N2CC(F)(F)C2)nc1Cl. The van der Waals surface area contributed by atoms with E-state index in [-0.39, 0.29) is 16.5 Å². The minimum atomic E-state index is -2.81. The largest absolute Gasteiger partial charge is 0.342 e. The molecule has 1 aliphatic heterocycles. The maximum Gasteiger partial charge on any atom is 0.282 e. The first-order chi connectivity index (χ1) is 7.43. The van der Waals surface area contributed by atoms with E-state index in [2.05, 4.69) is 4.98 Å². The summed E-state index contributed by atoms with van der Waals surface area (Å²) in [5.74, 6) is -3.87. The monoisotopic (exact) mass is 247 g/mol. The minimum absolute atomic E-state index is 0.116. The highest BCUT2D eigenvalue weighted by molar-refractivity contribution is 6.30. The van der Waals surface area contributed by atoms with Crippen molar-refractivity contribution in [1.29, 1.82) is 5.26 Å². The Balaban J connectivity index is 2.31. The van der Waals surface area contributed by atoms with Crippen molar-refractivity contribution in [3.05, 3.63) is 22.6 Å². The molecule has 0 amide bonds. The van der Waals surface area contributed by atoms with Crippen molar-refractivity contribution in [2.24, 2.45) is 0 Å². The van der Waals surface area contributed by atoms with Gasteiger partial charge >= 0.3 is 0 Å². The van der Waals surface area contributed by atoms with Crippen LogP contribution in [0.2, 0.25) is 5.15 Å². The highest BCUT2D eigenvalue weighted by atomic mass is 35.5. The number of rotatable bonds is 1. The van der Waals surface area contributed by atoms with Gasteiger partial charge in [0.25, 0.3) is 5.92 Å². The van der Waals surface area contributed by atoms with Crippen LogP contribution in [0.5, 0.6) is 0 Å². The van der Waals surface area contributed by atoms with Gasteiger partial charge in [0.05, 0.1) is 18.7 Å². The van der Waals surface area contributed by atoms with Gasteiger partial charge in [-0.15, -0.1) is 0 Å². The van der Waals surface area contributed by atoms with Gasteiger partial charge in [-0.2, -0.15) is 5.26 Å². The molecule has 16 heavy (non-hydrogen) atoms. The fourth-order valence-electron chi connectivity index (χ4n) is 1.42. The molecule has 0 bridgehead atoms. The number of hydrogen-bond donors (Lipinski definition) is 0. The first-order valence-electron chi connectivity index (χ1n) is 4.32. The maximum atomic E-state index is 13.4. The Kier molecular flexibility index (Phi) is 2.43. The van der Waals surface area contributed by atoms with Crippen LogP contribution in [0.4, 0.5) is 19.0 Å². The summed E-state index contributed by atoms with van der Waals surface area (Å²) < 4.78 is 38.5. The molecule has 0 spiro atoms. The van der Waals surface area contributed by atoms with Crippen molar-refractivity contribution in [3.63, 3.8) is 0 Å². The van der Waals surface area contributed by atoms with Gasteiger partial charge in [0, 0.05) is 0 Å². The van der Waals surface area contributed by atoms with E-state index in [4.69, 9.17) is 16.9 Å². The molecule has 1 aromatic rings. The normalized spacial score (nSPS) is 17.8. The molecule has 0 saturated carbocycles. The average Bonchev–Trinajstić information content (AvgIpc) is 2.17. The van der Waals surface area contributed by atoms with E-state index in [1.165, 1.54) is 0 Å². The van der Waals surface area contributed by atoms with E-state index < -0.39 is 24.8 Å². The second-order valence-electron chi connectivity index (χ2n) is 3.46. The molecule has 0 radical (unpaired) electrons. The van der Waals surface area contributed by atoms with Crippen molar-refractivity contribution >= 4 is 17.4 Å². The summed E-state index contributed by atoms with van der Waals surface area (Å²) in [6, 6.07) is 2.54. The topological polar surface area (TPSA) is 39.9 Å². The molecule has 0 aromatic carbocycles. The van der Waals surface area contributed by atoms with Crippen LogP contribution in [-0.4, -0.2) is 24.0 Å². The van der Waals surface area contributed by atoms with Crippen molar-refractivity contribution in [3.8, 4) is 6.07 Å². The lowest BCUT2D eigenvalue weighted by molar-refractivity contribution is -0.0270. The molecular weight excluding hydrogens is 243 g/mol. The van der Waals surface area contributed by atoms with Crippen LogP contribution in [0.15, 0.2) is 6.07 Å². The van der Waals surface area contributed by atoms with E-state index in [0.29, 0.717) is 0 Å². The van der Waals surface area contributed by atoms with Gasteiger partial charge in [-0.3, -0.25) is 0 Å². The molecule has 7 heteroatoms. The average molecular weight is 248 g/mol. The molecule has 0 atom stereocenters. The number of hydrogen-bond acceptors (Lipinski definition) is 3. The molecule has 3 nitrogen and oxygen atoms in total. The summed E-state index contributed by atoms with van der Waals surface area (Å²) in [6.45, 7) is -1.17. The zero-order valence-electron chi connectivity index (χ0n) is 7.85. The summed E-state index contributed by atoms with van der Waals surface area (Å²) >= 11 is 5.58. The fraction of sp³-hybridized carbons (Fsp3) is 0.333. The van der Waals surface area contributed by atoms with Crippen molar-refractivity contribution in [2.75, 3.05) is 18.0 Å². The van der Waals surface area contributed by atoms with Crippen molar-refractivity contribution < 1.29 is 13.2 Å². The van der Waals surface area contributed by atoms with Crippen LogP contribution in [0.3, 0.4) is 0 Å². The minimum Gasteiger partial charge on any atom is -0.342 e. The lowest BCUT2D eigenvalue weighted by Gasteiger charge is -2.39. The lowest BCUT2D eigenvalue weighted by atomic mass is 10.1. The van der Waals surface area contributed by atoms with Crippen LogP contribution >= 0.6 is 11.6 Å². The summed E-state index contributed by atoms with van der Waals surface area (Å²) in [6.07, 6.45) is 0. The van der Waals surface area contributed by atoms with E-state index >= 15 is 0 Å².